The number of ether oxygens (including phenoxy) is 1. The molecule has 0 bridgehead atoms. The molecule has 0 aliphatic rings. The van der Waals surface area contributed by atoms with Crippen LogP contribution in [0.1, 0.15) is 96.1 Å². The minimum absolute atomic E-state index is 0. The second-order valence-electron chi connectivity index (χ2n) is 7.88. The van der Waals surface area contributed by atoms with Gasteiger partial charge in [-0.3, -0.25) is 0 Å². The van der Waals surface area contributed by atoms with Crippen LogP contribution in [0.5, 0.6) is 5.75 Å². The number of unbranched alkanes of at least 4 members (excludes halogenated alkanes) is 8. The van der Waals surface area contributed by atoms with E-state index in [0.29, 0.717) is 0 Å². The van der Waals surface area contributed by atoms with E-state index in [-0.39, 0.29) is 36.2 Å². The van der Waals surface area contributed by atoms with Crippen LogP contribution in [0, 0.1) is 0 Å². The van der Waals surface area contributed by atoms with Crippen molar-refractivity contribution in [3.8, 4) is 5.75 Å². The first-order valence-corrected chi connectivity index (χ1v) is 12.5. The predicted octanol–water partition coefficient (Wildman–Crippen LogP) is 3.03. The summed E-state index contributed by atoms with van der Waals surface area (Å²) < 4.78 is 39.1. The third-order valence-corrected chi connectivity index (χ3v) is 6.33. The van der Waals surface area contributed by atoms with Crippen molar-refractivity contribution in [2.75, 3.05) is 6.61 Å². The SMILES string of the molecule is CCCCCCCc1ccc(OCC(C)S(=O)(=O)[O-])c(CCCCCCC)c1.[Na+]. The first-order valence-electron chi connectivity index (χ1n) is 11.1. The summed E-state index contributed by atoms with van der Waals surface area (Å²) in [6.45, 7) is 5.74. The van der Waals surface area contributed by atoms with Gasteiger partial charge in [0.15, 0.2) is 0 Å². The first kappa shape index (κ1) is 28.9. The van der Waals surface area contributed by atoms with Crippen molar-refractivity contribution in [3.05, 3.63) is 29.3 Å². The van der Waals surface area contributed by atoms with Gasteiger partial charge >= 0.3 is 29.6 Å². The Morgan fingerprint density at radius 1 is 0.897 bits per heavy atom. The fraction of sp³-hybridized carbons (Fsp3) is 0.739. The Kier molecular flexibility index (Phi) is 16.6. The van der Waals surface area contributed by atoms with E-state index >= 15 is 0 Å². The average molecular weight is 435 g/mol. The van der Waals surface area contributed by atoms with Crippen molar-refractivity contribution in [3.63, 3.8) is 0 Å². The predicted molar refractivity (Wildman–Crippen MR) is 116 cm³/mol. The van der Waals surface area contributed by atoms with Crippen molar-refractivity contribution in [1.82, 2.24) is 0 Å². The van der Waals surface area contributed by atoms with Crippen molar-refractivity contribution >= 4 is 10.1 Å². The summed E-state index contributed by atoms with van der Waals surface area (Å²) in [6, 6.07) is 6.24. The Morgan fingerprint density at radius 3 is 2.00 bits per heavy atom. The van der Waals surface area contributed by atoms with Gasteiger partial charge in [0.05, 0.1) is 5.25 Å². The van der Waals surface area contributed by atoms with E-state index in [9.17, 15) is 13.0 Å². The quantitative estimate of drug-likeness (QED) is 0.228. The van der Waals surface area contributed by atoms with Crippen LogP contribution in [-0.4, -0.2) is 24.8 Å². The maximum Gasteiger partial charge on any atom is 1.00 e. The van der Waals surface area contributed by atoms with Crippen LogP contribution >= 0.6 is 0 Å². The summed E-state index contributed by atoms with van der Waals surface area (Å²) in [5.74, 6) is 0.723. The largest absolute Gasteiger partial charge is 1.00 e. The molecule has 1 rings (SSSR count). The van der Waals surface area contributed by atoms with Gasteiger partial charge in [-0.2, -0.15) is 0 Å². The molecule has 1 aromatic carbocycles. The van der Waals surface area contributed by atoms with E-state index in [1.54, 1.807) is 0 Å². The van der Waals surface area contributed by atoms with Crippen molar-refractivity contribution in [1.29, 1.82) is 0 Å². The Balaban J connectivity index is 0.00000784. The van der Waals surface area contributed by atoms with E-state index < -0.39 is 15.4 Å². The molecule has 0 aromatic heterocycles. The van der Waals surface area contributed by atoms with Crippen LogP contribution in [0.15, 0.2) is 18.2 Å². The van der Waals surface area contributed by atoms with Crippen molar-refractivity contribution in [2.24, 2.45) is 0 Å². The van der Waals surface area contributed by atoms with Crippen LogP contribution in [0.25, 0.3) is 0 Å². The summed E-state index contributed by atoms with van der Waals surface area (Å²) in [5, 5.41) is -1.04. The molecule has 6 heteroatoms. The van der Waals surface area contributed by atoms with Gasteiger partial charge in [-0.25, -0.2) is 8.42 Å². The molecule has 29 heavy (non-hydrogen) atoms. The maximum atomic E-state index is 11.1. The summed E-state index contributed by atoms with van der Waals surface area (Å²) in [7, 11) is -4.32. The van der Waals surface area contributed by atoms with E-state index in [0.717, 1.165) is 30.6 Å². The van der Waals surface area contributed by atoms with Gasteiger partial charge in [-0.15, -0.1) is 0 Å². The second-order valence-corrected chi connectivity index (χ2v) is 9.68. The number of benzene rings is 1. The zero-order valence-electron chi connectivity index (χ0n) is 19.0. The van der Waals surface area contributed by atoms with Gasteiger partial charge in [-0.05, 0) is 49.8 Å². The van der Waals surface area contributed by atoms with Gasteiger partial charge < -0.3 is 9.29 Å². The van der Waals surface area contributed by atoms with Gasteiger partial charge in [0, 0.05) is 0 Å². The van der Waals surface area contributed by atoms with Crippen LogP contribution in [0.2, 0.25) is 0 Å². The zero-order valence-corrected chi connectivity index (χ0v) is 21.9. The molecule has 0 aliphatic carbocycles. The molecule has 1 unspecified atom stereocenters. The van der Waals surface area contributed by atoms with Crippen molar-refractivity contribution < 1.29 is 47.3 Å². The summed E-state index contributed by atoms with van der Waals surface area (Å²) in [6.07, 6.45) is 14.3. The van der Waals surface area contributed by atoms with E-state index in [2.05, 4.69) is 26.0 Å². The molecule has 0 spiro atoms. The van der Waals surface area contributed by atoms with Crippen molar-refractivity contribution in [2.45, 2.75) is 103 Å². The Labute approximate surface area is 201 Å². The standard InChI is InChI=1S/C23H40O4S.Na/c1-4-6-8-10-12-14-21-16-17-23(27-19-20(3)28(24,25)26)22(18-21)15-13-11-9-7-5-2;/h16-18,20H,4-15,19H2,1-3H3,(H,24,25,26);/q;+1/p-1. The normalized spacial score (nSPS) is 12.4. The molecule has 0 N–H and O–H groups in total. The Bertz CT molecular complexity index is 646. The van der Waals surface area contributed by atoms with Gasteiger partial charge in [-0.1, -0.05) is 77.3 Å². The molecule has 1 aromatic rings. The topological polar surface area (TPSA) is 66.4 Å². The van der Waals surface area contributed by atoms with Crippen LogP contribution in [-0.2, 0) is 23.0 Å². The zero-order chi connectivity index (χ0) is 20.8. The number of hydrogen-bond acceptors (Lipinski definition) is 4. The smallest absolute Gasteiger partial charge is 0.748 e. The number of rotatable bonds is 16. The molecule has 0 saturated carbocycles. The molecule has 0 saturated heterocycles. The molecule has 0 fully saturated rings. The molecule has 0 aliphatic heterocycles. The molecule has 0 heterocycles. The fourth-order valence-corrected chi connectivity index (χ4v) is 3.50. The molecule has 0 amide bonds. The van der Waals surface area contributed by atoms with Crippen LogP contribution in [0.4, 0.5) is 0 Å². The minimum atomic E-state index is -4.32. The summed E-state index contributed by atoms with van der Waals surface area (Å²) >= 11 is 0. The van der Waals surface area contributed by atoms with Gasteiger partial charge in [0.25, 0.3) is 0 Å². The van der Waals surface area contributed by atoms with E-state index in [4.69, 9.17) is 4.74 Å². The molecular weight excluding hydrogens is 395 g/mol. The Hall–Kier alpha value is -0.0700. The third-order valence-electron chi connectivity index (χ3n) is 5.21. The number of aryl methyl sites for hydroxylation is 2. The molecule has 4 nitrogen and oxygen atoms in total. The van der Waals surface area contributed by atoms with Crippen LogP contribution in [0.3, 0.4) is 0 Å². The molecular formula is C23H39NaO4S. The minimum Gasteiger partial charge on any atom is -0.748 e. The second kappa shape index (κ2) is 16.6. The average Bonchev–Trinajstić information content (AvgIpc) is 2.65. The molecule has 0 radical (unpaired) electrons. The molecule has 1 atom stereocenters. The summed E-state index contributed by atoms with van der Waals surface area (Å²) in [4.78, 5) is 0. The number of hydrogen-bond donors (Lipinski definition) is 0. The van der Waals surface area contributed by atoms with Gasteiger partial charge in [0.1, 0.15) is 22.5 Å². The molecule has 162 valence electrons. The first-order chi connectivity index (χ1) is 13.4. The van der Waals surface area contributed by atoms with E-state index in [1.165, 1.54) is 70.3 Å². The summed E-state index contributed by atoms with van der Waals surface area (Å²) in [5.41, 5.74) is 2.45. The fourth-order valence-electron chi connectivity index (χ4n) is 3.27. The van der Waals surface area contributed by atoms with Gasteiger partial charge in [0.2, 0.25) is 0 Å². The Morgan fingerprint density at radius 2 is 1.45 bits per heavy atom. The monoisotopic (exact) mass is 434 g/mol. The van der Waals surface area contributed by atoms with E-state index in [1.807, 2.05) is 6.07 Å². The van der Waals surface area contributed by atoms with Crippen LogP contribution < -0.4 is 34.3 Å². The maximum absolute atomic E-state index is 11.1. The third kappa shape index (κ3) is 13.1.